The molecule has 0 radical (unpaired) electrons. The molecular weight excluding hydrogens is 213 g/mol. The zero-order chi connectivity index (χ0) is 12.3. The summed E-state index contributed by atoms with van der Waals surface area (Å²) in [5.74, 6) is -0.143. The van der Waals surface area contributed by atoms with Crippen LogP contribution in [0.4, 0.5) is 10.1 Å². The minimum absolute atomic E-state index is 0.143. The largest absolute Gasteiger partial charge is 0.380 e. The fourth-order valence-corrected chi connectivity index (χ4v) is 2.60. The van der Waals surface area contributed by atoms with Crippen LogP contribution < -0.4 is 5.32 Å². The molecule has 1 aromatic rings. The van der Waals surface area contributed by atoms with Crippen LogP contribution in [0.1, 0.15) is 46.0 Å². The van der Waals surface area contributed by atoms with Gasteiger partial charge in [-0.25, -0.2) is 4.39 Å². The molecule has 1 unspecified atom stereocenters. The second kappa shape index (κ2) is 5.07. The Kier molecular flexibility index (Phi) is 3.70. The van der Waals surface area contributed by atoms with Crippen LogP contribution in [0.3, 0.4) is 0 Å². The lowest BCUT2D eigenvalue weighted by molar-refractivity contribution is 0.313. The van der Waals surface area contributed by atoms with Crippen molar-refractivity contribution in [2.75, 3.05) is 5.32 Å². The van der Waals surface area contributed by atoms with E-state index in [1.165, 1.54) is 25.3 Å². The lowest BCUT2D eigenvalue weighted by atomic mass is 9.85. The maximum atomic E-state index is 13.5. The van der Waals surface area contributed by atoms with Crippen molar-refractivity contribution in [2.45, 2.75) is 52.0 Å². The van der Waals surface area contributed by atoms with Crippen LogP contribution >= 0.6 is 0 Å². The molecular formula is C15H22FN. The van der Waals surface area contributed by atoms with Gasteiger partial charge in [0.15, 0.2) is 0 Å². The molecule has 1 aromatic carbocycles. The number of hydrogen-bond donors (Lipinski definition) is 1. The Morgan fingerprint density at radius 1 is 1.18 bits per heavy atom. The van der Waals surface area contributed by atoms with E-state index in [-0.39, 0.29) is 5.82 Å². The summed E-state index contributed by atoms with van der Waals surface area (Å²) >= 11 is 0. The highest BCUT2D eigenvalue weighted by Gasteiger charge is 2.24. The number of rotatable bonds is 2. The summed E-state index contributed by atoms with van der Waals surface area (Å²) in [5, 5.41) is 3.35. The molecule has 1 aliphatic carbocycles. The average molecular weight is 235 g/mol. The summed E-state index contributed by atoms with van der Waals surface area (Å²) in [4.78, 5) is 0. The van der Waals surface area contributed by atoms with E-state index >= 15 is 0 Å². The van der Waals surface area contributed by atoms with Crippen molar-refractivity contribution in [3.8, 4) is 0 Å². The smallest absolute Gasteiger partial charge is 0.146 e. The average Bonchev–Trinajstić information content (AvgIpc) is 2.44. The van der Waals surface area contributed by atoms with Crippen LogP contribution in [0.5, 0.6) is 0 Å². The van der Waals surface area contributed by atoms with Gasteiger partial charge in [-0.15, -0.1) is 0 Å². The van der Waals surface area contributed by atoms with Crippen molar-refractivity contribution >= 4 is 5.69 Å². The van der Waals surface area contributed by atoms with E-state index in [4.69, 9.17) is 0 Å². The Morgan fingerprint density at radius 2 is 1.94 bits per heavy atom. The Hall–Kier alpha value is -1.05. The number of anilines is 1. The maximum absolute atomic E-state index is 13.5. The monoisotopic (exact) mass is 235 g/mol. The Balaban J connectivity index is 1.98. The first kappa shape index (κ1) is 12.4. The minimum Gasteiger partial charge on any atom is -0.380 e. The standard InChI is InChI=1S/C15H22FN/c1-15(2)10-5-6-12(9-11-15)17-14-8-4-3-7-13(14)16/h3-4,7-8,12,17H,5-6,9-11H2,1-2H3. The minimum atomic E-state index is -0.143. The molecule has 1 atom stereocenters. The van der Waals surface area contributed by atoms with Crippen molar-refractivity contribution < 1.29 is 4.39 Å². The fraction of sp³-hybridized carbons (Fsp3) is 0.600. The van der Waals surface area contributed by atoms with Gasteiger partial charge in [-0.1, -0.05) is 32.4 Å². The second-order valence-electron chi connectivity index (χ2n) is 5.92. The predicted molar refractivity (Wildman–Crippen MR) is 70.7 cm³/mol. The highest BCUT2D eigenvalue weighted by molar-refractivity contribution is 5.45. The molecule has 0 heterocycles. The van der Waals surface area contributed by atoms with Gasteiger partial charge in [-0.2, -0.15) is 0 Å². The lowest BCUT2D eigenvalue weighted by Gasteiger charge is -2.22. The molecule has 0 bridgehead atoms. The highest BCUT2D eigenvalue weighted by atomic mass is 19.1. The number of hydrogen-bond acceptors (Lipinski definition) is 1. The van der Waals surface area contributed by atoms with Crippen LogP contribution in [0.25, 0.3) is 0 Å². The fourth-order valence-electron chi connectivity index (χ4n) is 2.60. The van der Waals surface area contributed by atoms with E-state index in [0.717, 1.165) is 12.8 Å². The zero-order valence-corrected chi connectivity index (χ0v) is 10.8. The van der Waals surface area contributed by atoms with E-state index in [0.29, 0.717) is 17.1 Å². The predicted octanol–water partition coefficient (Wildman–Crippen LogP) is 4.60. The molecule has 0 aliphatic heterocycles. The molecule has 0 spiro atoms. The molecule has 17 heavy (non-hydrogen) atoms. The van der Waals surface area contributed by atoms with Crippen LogP contribution in [-0.2, 0) is 0 Å². The van der Waals surface area contributed by atoms with E-state index in [1.54, 1.807) is 6.07 Å². The van der Waals surface area contributed by atoms with Crippen molar-refractivity contribution in [3.63, 3.8) is 0 Å². The SMILES string of the molecule is CC1(C)CCCC(Nc2ccccc2F)CC1. The summed E-state index contributed by atoms with van der Waals surface area (Å²) in [6.45, 7) is 4.66. The lowest BCUT2D eigenvalue weighted by Crippen LogP contribution is -2.19. The summed E-state index contributed by atoms with van der Waals surface area (Å²) in [7, 11) is 0. The Morgan fingerprint density at radius 3 is 2.71 bits per heavy atom. The number of nitrogens with one attached hydrogen (secondary N) is 1. The molecule has 0 amide bonds. The van der Waals surface area contributed by atoms with Gasteiger partial charge < -0.3 is 5.32 Å². The van der Waals surface area contributed by atoms with E-state index in [1.807, 2.05) is 12.1 Å². The molecule has 1 nitrogen and oxygen atoms in total. The Bertz CT molecular complexity index is 373. The molecule has 2 rings (SSSR count). The van der Waals surface area contributed by atoms with Crippen molar-refractivity contribution in [3.05, 3.63) is 30.1 Å². The molecule has 1 saturated carbocycles. The molecule has 94 valence electrons. The third kappa shape index (κ3) is 3.45. The first-order valence-corrected chi connectivity index (χ1v) is 6.58. The van der Waals surface area contributed by atoms with Crippen LogP contribution in [0.2, 0.25) is 0 Å². The quantitative estimate of drug-likeness (QED) is 0.739. The van der Waals surface area contributed by atoms with Crippen LogP contribution in [0, 0.1) is 11.2 Å². The number of halogens is 1. The van der Waals surface area contributed by atoms with E-state index in [2.05, 4.69) is 19.2 Å². The van der Waals surface area contributed by atoms with Gasteiger partial charge >= 0.3 is 0 Å². The van der Waals surface area contributed by atoms with Gasteiger partial charge in [0.05, 0.1) is 5.69 Å². The summed E-state index contributed by atoms with van der Waals surface area (Å²) < 4.78 is 13.5. The first-order chi connectivity index (χ1) is 8.07. The molecule has 1 fully saturated rings. The van der Waals surface area contributed by atoms with E-state index < -0.39 is 0 Å². The van der Waals surface area contributed by atoms with Gasteiger partial charge in [0, 0.05) is 6.04 Å². The molecule has 1 N–H and O–H groups in total. The van der Waals surface area contributed by atoms with Gasteiger partial charge in [0.25, 0.3) is 0 Å². The van der Waals surface area contributed by atoms with Gasteiger partial charge in [0.2, 0.25) is 0 Å². The zero-order valence-electron chi connectivity index (χ0n) is 10.8. The molecule has 0 aromatic heterocycles. The molecule has 2 heteroatoms. The summed E-state index contributed by atoms with van der Waals surface area (Å²) in [5.41, 5.74) is 1.10. The maximum Gasteiger partial charge on any atom is 0.146 e. The summed E-state index contributed by atoms with van der Waals surface area (Å²) in [6.07, 6.45) is 6.03. The van der Waals surface area contributed by atoms with Gasteiger partial charge in [-0.3, -0.25) is 0 Å². The summed E-state index contributed by atoms with van der Waals surface area (Å²) in [6, 6.07) is 7.38. The highest BCUT2D eigenvalue weighted by Crippen LogP contribution is 2.34. The van der Waals surface area contributed by atoms with Gasteiger partial charge in [-0.05, 0) is 43.2 Å². The number of para-hydroxylation sites is 1. The van der Waals surface area contributed by atoms with E-state index in [9.17, 15) is 4.39 Å². The van der Waals surface area contributed by atoms with Crippen LogP contribution in [-0.4, -0.2) is 6.04 Å². The number of benzene rings is 1. The van der Waals surface area contributed by atoms with Crippen molar-refractivity contribution in [1.29, 1.82) is 0 Å². The normalized spacial score (nSPS) is 24.1. The molecule has 0 saturated heterocycles. The first-order valence-electron chi connectivity index (χ1n) is 6.58. The topological polar surface area (TPSA) is 12.0 Å². The third-order valence-electron chi connectivity index (χ3n) is 3.81. The second-order valence-corrected chi connectivity index (χ2v) is 5.92. The van der Waals surface area contributed by atoms with Crippen molar-refractivity contribution in [2.24, 2.45) is 5.41 Å². The Labute approximate surface area is 103 Å². The molecule has 1 aliphatic rings. The van der Waals surface area contributed by atoms with Crippen LogP contribution in [0.15, 0.2) is 24.3 Å². The third-order valence-corrected chi connectivity index (χ3v) is 3.81. The van der Waals surface area contributed by atoms with Crippen molar-refractivity contribution in [1.82, 2.24) is 0 Å². The van der Waals surface area contributed by atoms with Gasteiger partial charge in [0.1, 0.15) is 5.82 Å².